The van der Waals surface area contributed by atoms with Gasteiger partial charge in [0, 0.05) is 6.54 Å². The minimum absolute atomic E-state index is 0.147. The summed E-state index contributed by atoms with van der Waals surface area (Å²) < 4.78 is 5.40. The summed E-state index contributed by atoms with van der Waals surface area (Å²) >= 11 is 0. The number of ether oxygens (including phenoxy) is 1. The smallest absolute Gasteiger partial charge is 0.339 e. The molecule has 0 saturated heterocycles. The highest BCUT2D eigenvalue weighted by Gasteiger charge is 2.19. The number of hydrogen-bond donors (Lipinski definition) is 3. The number of anilines is 2. The van der Waals surface area contributed by atoms with Gasteiger partial charge in [-0.1, -0.05) is 0 Å². The van der Waals surface area contributed by atoms with Crippen LogP contribution in [0.25, 0.3) is 0 Å². The van der Waals surface area contributed by atoms with Gasteiger partial charge in [-0.15, -0.1) is 0 Å². The van der Waals surface area contributed by atoms with E-state index in [1.165, 1.54) is 6.07 Å². The van der Waals surface area contributed by atoms with Crippen molar-refractivity contribution in [3.63, 3.8) is 0 Å². The van der Waals surface area contributed by atoms with Crippen molar-refractivity contribution in [2.75, 3.05) is 24.2 Å². The van der Waals surface area contributed by atoms with E-state index in [0.717, 1.165) is 13.0 Å². The molecule has 1 aromatic carbocycles. The number of aromatic carboxylic acids is 1. The molecule has 1 aliphatic heterocycles. The summed E-state index contributed by atoms with van der Waals surface area (Å²) in [5.74, 6) is -0.657. The van der Waals surface area contributed by atoms with Crippen molar-refractivity contribution < 1.29 is 14.6 Å². The number of carboxylic acids is 1. The number of hydrogen-bond acceptors (Lipinski definition) is 4. The van der Waals surface area contributed by atoms with Gasteiger partial charge in [-0.05, 0) is 18.6 Å². The van der Waals surface area contributed by atoms with Gasteiger partial charge in [0.15, 0.2) is 5.75 Å². The third-order valence-electron chi connectivity index (χ3n) is 2.29. The van der Waals surface area contributed by atoms with E-state index in [9.17, 15) is 4.79 Å². The topological polar surface area (TPSA) is 84.6 Å². The number of carboxylic acid groups (broad SMARTS) is 1. The second-order valence-electron chi connectivity index (χ2n) is 3.34. The summed E-state index contributed by atoms with van der Waals surface area (Å²) in [4.78, 5) is 10.9. The molecule has 0 amide bonds. The lowest BCUT2D eigenvalue weighted by molar-refractivity contribution is 0.0692. The number of rotatable bonds is 1. The molecule has 0 unspecified atom stereocenters. The van der Waals surface area contributed by atoms with Gasteiger partial charge in [0.25, 0.3) is 0 Å². The van der Waals surface area contributed by atoms with Crippen molar-refractivity contribution in [3.05, 3.63) is 17.7 Å². The zero-order valence-electron chi connectivity index (χ0n) is 8.12. The molecule has 0 atom stereocenters. The molecule has 0 radical (unpaired) electrons. The highest BCUT2D eigenvalue weighted by molar-refractivity contribution is 5.95. The molecule has 4 N–H and O–H groups in total. The van der Waals surface area contributed by atoms with E-state index in [2.05, 4.69) is 5.32 Å². The van der Waals surface area contributed by atoms with Crippen molar-refractivity contribution in [2.45, 2.75) is 6.42 Å². The van der Waals surface area contributed by atoms with E-state index < -0.39 is 5.97 Å². The zero-order valence-corrected chi connectivity index (χ0v) is 8.12. The van der Waals surface area contributed by atoms with Crippen molar-refractivity contribution in [2.24, 2.45) is 0 Å². The maximum Gasteiger partial charge on any atom is 0.339 e. The van der Waals surface area contributed by atoms with Gasteiger partial charge in [-0.2, -0.15) is 0 Å². The largest absolute Gasteiger partial charge is 0.490 e. The third kappa shape index (κ3) is 1.68. The van der Waals surface area contributed by atoms with E-state index >= 15 is 0 Å². The van der Waals surface area contributed by atoms with Crippen LogP contribution in [0.5, 0.6) is 5.75 Å². The quantitative estimate of drug-likeness (QED) is 0.603. The minimum Gasteiger partial charge on any atom is -0.490 e. The predicted octanol–water partition coefficient (Wildman–Crippen LogP) is 1.16. The van der Waals surface area contributed by atoms with Crippen LogP contribution in [0.3, 0.4) is 0 Å². The molecule has 15 heavy (non-hydrogen) atoms. The number of benzene rings is 1. The van der Waals surface area contributed by atoms with Crippen LogP contribution in [0.15, 0.2) is 12.1 Å². The van der Waals surface area contributed by atoms with E-state index in [1.807, 2.05) is 0 Å². The summed E-state index contributed by atoms with van der Waals surface area (Å²) in [5.41, 5.74) is 6.99. The lowest BCUT2D eigenvalue weighted by Gasteiger charge is -2.12. The van der Waals surface area contributed by atoms with Crippen LogP contribution >= 0.6 is 0 Å². The SMILES string of the molecule is Nc1ccc(C(=O)O)c2c1NCCCO2. The number of nitrogens with two attached hydrogens (primary N) is 1. The first-order valence-corrected chi connectivity index (χ1v) is 4.72. The van der Waals surface area contributed by atoms with Crippen LogP contribution in [0.1, 0.15) is 16.8 Å². The van der Waals surface area contributed by atoms with Crippen LogP contribution < -0.4 is 15.8 Å². The molecule has 5 heteroatoms. The molecule has 0 bridgehead atoms. The first-order chi connectivity index (χ1) is 7.20. The Labute approximate surface area is 86.8 Å². The number of nitrogen functional groups attached to an aromatic ring is 1. The van der Waals surface area contributed by atoms with E-state index in [0.29, 0.717) is 23.7 Å². The first-order valence-electron chi connectivity index (χ1n) is 4.72. The van der Waals surface area contributed by atoms with Crippen molar-refractivity contribution in [3.8, 4) is 5.75 Å². The summed E-state index contributed by atoms with van der Waals surface area (Å²) in [7, 11) is 0. The fourth-order valence-corrected chi connectivity index (χ4v) is 1.56. The second kappa shape index (κ2) is 3.68. The maximum absolute atomic E-state index is 10.9. The summed E-state index contributed by atoms with van der Waals surface area (Å²) in [5, 5.41) is 12.1. The average Bonchev–Trinajstić information content (AvgIpc) is 2.43. The molecular formula is C10H12N2O3. The van der Waals surface area contributed by atoms with Crippen LogP contribution in [0, 0.1) is 0 Å². The van der Waals surface area contributed by atoms with Gasteiger partial charge in [0.1, 0.15) is 11.3 Å². The molecule has 0 saturated carbocycles. The van der Waals surface area contributed by atoms with Gasteiger partial charge in [0.2, 0.25) is 0 Å². The molecule has 5 nitrogen and oxygen atoms in total. The Bertz CT molecular complexity index is 404. The van der Waals surface area contributed by atoms with Gasteiger partial charge < -0.3 is 20.9 Å². The Morgan fingerprint density at radius 3 is 3.07 bits per heavy atom. The Morgan fingerprint density at radius 2 is 2.33 bits per heavy atom. The van der Waals surface area contributed by atoms with E-state index in [-0.39, 0.29) is 5.56 Å². The lowest BCUT2D eigenvalue weighted by atomic mass is 10.1. The number of fused-ring (bicyclic) bond motifs is 1. The molecule has 1 aliphatic rings. The zero-order chi connectivity index (χ0) is 10.8. The van der Waals surface area contributed by atoms with Gasteiger partial charge in [-0.25, -0.2) is 4.79 Å². The average molecular weight is 208 g/mol. The van der Waals surface area contributed by atoms with Gasteiger partial charge in [0.05, 0.1) is 12.3 Å². The van der Waals surface area contributed by atoms with E-state index in [1.54, 1.807) is 6.07 Å². The minimum atomic E-state index is -1.00. The first kappa shape index (κ1) is 9.64. The molecule has 0 fully saturated rings. The molecule has 0 aliphatic carbocycles. The highest BCUT2D eigenvalue weighted by atomic mass is 16.5. The summed E-state index contributed by atoms with van der Waals surface area (Å²) in [6.45, 7) is 1.24. The Hall–Kier alpha value is -1.91. The molecule has 2 rings (SSSR count). The molecule has 0 aromatic heterocycles. The van der Waals surface area contributed by atoms with Gasteiger partial charge >= 0.3 is 5.97 Å². The number of nitrogens with one attached hydrogen (secondary N) is 1. The fraction of sp³-hybridized carbons (Fsp3) is 0.300. The predicted molar refractivity (Wildman–Crippen MR) is 56.4 cm³/mol. The molecule has 0 spiro atoms. The molecular weight excluding hydrogens is 196 g/mol. The third-order valence-corrected chi connectivity index (χ3v) is 2.29. The van der Waals surface area contributed by atoms with Crippen LogP contribution in [0.4, 0.5) is 11.4 Å². The van der Waals surface area contributed by atoms with Crippen LogP contribution in [-0.2, 0) is 0 Å². The molecule has 1 aromatic rings. The monoisotopic (exact) mass is 208 g/mol. The van der Waals surface area contributed by atoms with Crippen molar-refractivity contribution in [1.82, 2.24) is 0 Å². The van der Waals surface area contributed by atoms with Crippen LogP contribution in [-0.4, -0.2) is 24.2 Å². The Kier molecular flexibility index (Phi) is 2.37. The standard InChI is InChI=1S/C10H12N2O3/c11-7-3-2-6(10(13)14)9-8(7)12-4-1-5-15-9/h2-3,12H,1,4-5,11H2,(H,13,14). The Morgan fingerprint density at radius 1 is 1.53 bits per heavy atom. The summed E-state index contributed by atoms with van der Waals surface area (Å²) in [6, 6.07) is 3.04. The van der Waals surface area contributed by atoms with Gasteiger partial charge in [-0.3, -0.25) is 0 Å². The normalized spacial score (nSPS) is 14.4. The Balaban J connectivity index is 2.56. The molecule has 1 heterocycles. The maximum atomic E-state index is 10.9. The van der Waals surface area contributed by atoms with E-state index in [4.69, 9.17) is 15.6 Å². The summed E-state index contributed by atoms with van der Waals surface area (Å²) in [6.07, 6.45) is 0.827. The fourth-order valence-electron chi connectivity index (χ4n) is 1.56. The lowest BCUT2D eigenvalue weighted by Crippen LogP contribution is -2.05. The van der Waals surface area contributed by atoms with Crippen molar-refractivity contribution in [1.29, 1.82) is 0 Å². The number of carbonyl (C=O) groups is 1. The molecule has 80 valence electrons. The van der Waals surface area contributed by atoms with Crippen LogP contribution in [0.2, 0.25) is 0 Å². The second-order valence-corrected chi connectivity index (χ2v) is 3.34. The highest BCUT2D eigenvalue weighted by Crippen LogP contribution is 2.35. The van der Waals surface area contributed by atoms with Crippen molar-refractivity contribution >= 4 is 17.3 Å².